The van der Waals surface area contributed by atoms with Crippen LogP contribution in [0.15, 0.2) is 36.5 Å². The number of carbonyl (C=O) groups is 1. The molecule has 13 heteroatoms. The summed E-state index contributed by atoms with van der Waals surface area (Å²) in [6.45, 7) is 1.32. The molecule has 3 N–H and O–H groups in total. The van der Waals surface area contributed by atoms with Crippen LogP contribution in [0.5, 0.6) is 0 Å². The third kappa shape index (κ3) is 5.89. The standard InChI is InChI=1S/C29H36F2N6O4S/c1-35-11-4-20-18-24(32-26(25(20)35)37-14-9-29(30,31)10-15-37)33-27(39)22-3-2-21(34-42(40,41)17-16-38)19-23(22)36-12-7-28(5-6-28)8-13-36/h2-4,11,18-19,34,38H,5-10,12-17H2,1H3,(H,32,33,39). The van der Waals surface area contributed by atoms with Gasteiger partial charge in [0.2, 0.25) is 10.0 Å². The van der Waals surface area contributed by atoms with Crippen molar-refractivity contribution in [3.05, 3.63) is 42.1 Å². The fourth-order valence-corrected chi connectivity index (χ4v) is 6.94. The lowest BCUT2D eigenvalue weighted by Crippen LogP contribution is -2.40. The normalized spacial score (nSPS) is 19.7. The molecule has 2 aliphatic heterocycles. The minimum atomic E-state index is -3.75. The highest BCUT2D eigenvalue weighted by Gasteiger charge is 2.44. The van der Waals surface area contributed by atoms with Crippen molar-refractivity contribution in [3.8, 4) is 0 Å². The number of piperidine rings is 2. The molecule has 0 bridgehead atoms. The number of fused-ring (bicyclic) bond motifs is 1. The molecule has 10 nitrogen and oxygen atoms in total. The molecular formula is C29H36F2N6O4S. The van der Waals surface area contributed by atoms with Gasteiger partial charge in [0.15, 0.2) is 5.82 Å². The summed E-state index contributed by atoms with van der Waals surface area (Å²) in [4.78, 5) is 22.5. The third-order valence-corrected chi connectivity index (χ3v) is 10.1. The van der Waals surface area contributed by atoms with Crippen LogP contribution >= 0.6 is 0 Å². The maximum atomic E-state index is 13.9. The van der Waals surface area contributed by atoms with E-state index < -0.39 is 34.2 Å². The Kier molecular flexibility index (Phi) is 7.28. The number of carbonyl (C=O) groups excluding carboxylic acids is 1. The SMILES string of the molecule is Cn1ccc2cc(NC(=O)c3ccc(NS(=O)(=O)CCO)cc3N3CCC4(CC3)CC4)nc(N3CCC(F)(F)CC3)c21. The molecule has 6 rings (SSSR count). The lowest BCUT2D eigenvalue weighted by Gasteiger charge is -2.35. The number of amides is 1. The largest absolute Gasteiger partial charge is 0.395 e. The van der Waals surface area contributed by atoms with Crippen molar-refractivity contribution in [2.24, 2.45) is 12.5 Å². The average Bonchev–Trinajstić information content (AvgIpc) is 3.59. The van der Waals surface area contributed by atoms with Gasteiger partial charge in [0.25, 0.3) is 11.8 Å². The Bertz CT molecular complexity index is 1600. The Morgan fingerprint density at radius 3 is 2.36 bits per heavy atom. The van der Waals surface area contributed by atoms with E-state index in [0.717, 1.165) is 36.8 Å². The number of halogens is 2. The minimum absolute atomic E-state index is 0.159. The highest BCUT2D eigenvalue weighted by molar-refractivity contribution is 7.92. The minimum Gasteiger partial charge on any atom is -0.395 e. The van der Waals surface area contributed by atoms with Crippen LogP contribution in [0.2, 0.25) is 0 Å². The third-order valence-electron chi connectivity index (χ3n) is 8.87. The number of rotatable bonds is 8. The van der Waals surface area contributed by atoms with Gasteiger partial charge in [-0.15, -0.1) is 0 Å². The van der Waals surface area contributed by atoms with Gasteiger partial charge in [-0.1, -0.05) is 0 Å². The predicted octanol–water partition coefficient (Wildman–Crippen LogP) is 4.18. The molecule has 3 aliphatic rings. The van der Waals surface area contributed by atoms with E-state index >= 15 is 0 Å². The van der Waals surface area contributed by atoms with Crippen LogP contribution in [0.25, 0.3) is 10.9 Å². The fraction of sp³-hybridized carbons (Fsp3) is 0.517. The van der Waals surface area contributed by atoms with E-state index in [1.165, 1.54) is 18.9 Å². The fourth-order valence-electron chi connectivity index (χ4n) is 6.11. The molecule has 0 atom stereocenters. The number of pyridine rings is 1. The molecule has 2 saturated heterocycles. The van der Waals surface area contributed by atoms with Crippen LogP contribution in [0.1, 0.15) is 48.9 Å². The summed E-state index contributed by atoms with van der Waals surface area (Å²) in [5.74, 6) is -2.68. The molecule has 42 heavy (non-hydrogen) atoms. The monoisotopic (exact) mass is 602 g/mol. The number of aliphatic hydroxyl groups excluding tert-OH is 1. The Balaban J connectivity index is 1.30. The number of aryl methyl sites for hydroxylation is 1. The van der Waals surface area contributed by atoms with Crippen molar-refractivity contribution in [2.75, 3.05) is 58.4 Å². The molecule has 1 amide bonds. The molecule has 2 aromatic heterocycles. The first-order chi connectivity index (χ1) is 20.0. The molecule has 1 aromatic carbocycles. The Morgan fingerprint density at radius 1 is 1.00 bits per heavy atom. The second kappa shape index (κ2) is 10.7. The van der Waals surface area contributed by atoms with Gasteiger partial charge in [0.1, 0.15) is 5.82 Å². The van der Waals surface area contributed by atoms with Crippen LogP contribution in [0.4, 0.5) is 31.8 Å². The molecular weight excluding hydrogens is 566 g/mol. The summed E-state index contributed by atoms with van der Waals surface area (Å²) in [7, 11) is -1.87. The van der Waals surface area contributed by atoms with Crippen LogP contribution in [-0.4, -0.2) is 73.4 Å². The zero-order valence-corrected chi connectivity index (χ0v) is 24.4. The van der Waals surface area contributed by atoms with E-state index in [-0.39, 0.29) is 25.9 Å². The van der Waals surface area contributed by atoms with Gasteiger partial charge in [-0.25, -0.2) is 22.2 Å². The van der Waals surface area contributed by atoms with E-state index in [0.29, 0.717) is 34.0 Å². The molecule has 1 spiro atoms. The van der Waals surface area contributed by atoms with E-state index in [1.54, 1.807) is 18.2 Å². The smallest absolute Gasteiger partial charge is 0.258 e. The molecule has 1 saturated carbocycles. The lowest BCUT2D eigenvalue weighted by atomic mass is 9.93. The lowest BCUT2D eigenvalue weighted by molar-refractivity contribution is -0.0221. The zero-order chi connectivity index (χ0) is 29.7. The predicted molar refractivity (Wildman–Crippen MR) is 159 cm³/mol. The number of alkyl halides is 2. The van der Waals surface area contributed by atoms with Gasteiger partial charge in [0, 0.05) is 57.7 Å². The van der Waals surface area contributed by atoms with Gasteiger partial charge < -0.3 is 24.8 Å². The molecule has 3 aromatic rings. The van der Waals surface area contributed by atoms with Crippen molar-refractivity contribution < 1.29 is 27.1 Å². The van der Waals surface area contributed by atoms with Gasteiger partial charge in [-0.3, -0.25) is 9.52 Å². The number of hydrogen-bond donors (Lipinski definition) is 3. The molecule has 226 valence electrons. The zero-order valence-electron chi connectivity index (χ0n) is 23.6. The Hall–Kier alpha value is -3.45. The first-order valence-electron chi connectivity index (χ1n) is 14.4. The number of benzene rings is 1. The van der Waals surface area contributed by atoms with Crippen LogP contribution < -0.4 is 19.8 Å². The van der Waals surface area contributed by atoms with Crippen molar-refractivity contribution in [1.82, 2.24) is 9.55 Å². The van der Waals surface area contributed by atoms with Crippen molar-refractivity contribution in [1.29, 1.82) is 0 Å². The highest BCUT2D eigenvalue weighted by Crippen LogP contribution is 2.54. The number of aromatic nitrogens is 2. The summed E-state index contributed by atoms with van der Waals surface area (Å²) in [6, 6.07) is 8.46. The quantitative estimate of drug-likeness (QED) is 0.354. The number of nitrogens with one attached hydrogen (secondary N) is 2. The second-order valence-electron chi connectivity index (χ2n) is 11.9. The number of anilines is 4. The number of aliphatic hydroxyl groups is 1. The van der Waals surface area contributed by atoms with Crippen LogP contribution in [-0.2, 0) is 17.1 Å². The van der Waals surface area contributed by atoms with Gasteiger partial charge in [-0.05, 0) is 61.4 Å². The summed E-state index contributed by atoms with van der Waals surface area (Å²) in [6.07, 6.45) is 5.83. The van der Waals surface area contributed by atoms with Crippen LogP contribution in [0.3, 0.4) is 0 Å². The first kappa shape index (κ1) is 28.7. The molecule has 3 fully saturated rings. The van der Waals surface area contributed by atoms with Crippen molar-refractivity contribution in [3.63, 3.8) is 0 Å². The maximum absolute atomic E-state index is 13.9. The summed E-state index contributed by atoms with van der Waals surface area (Å²) in [5, 5.41) is 12.9. The maximum Gasteiger partial charge on any atom is 0.258 e. The van der Waals surface area contributed by atoms with E-state index in [1.807, 2.05) is 28.8 Å². The van der Waals surface area contributed by atoms with E-state index in [9.17, 15) is 22.0 Å². The van der Waals surface area contributed by atoms with Crippen molar-refractivity contribution >= 4 is 49.8 Å². The topological polar surface area (TPSA) is 120 Å². The van der Waals surface area contributed by atoms with E-state index in [4.69, 9.17) is 10.1 Å². The summed E-state index contributed by atoms with van der Waals surface area (Å²) in [5.41, 5.74) is 2.52. The Morgan fingerprint density at radius 2 is 1.69 bits per heavy atom. The first-order valence-corrected chi connectivity index (χ1v) is 16.0. The Labute approximate surface area is 243 Å². The molecule has 1 aliphatic carbocycles. The summed E-state index contributed by atoms with van der Waals surface area (Å²) < 4.78 is 56.8. The van der Waals surface area contributed by atoms with Crippen LogP contribution in [0, 0.1) is 5.41 Å². The van der Waals surface area contributed by atoms with Gasteiger partial charge >= 0.3 is 0 Å². The van der Waals surface area contributed by atoms with Crippen molar-refractivity contribution in [2.45, 2.75) is 44.4 Å². The second-order valence-corrected chi connectivity index (χ2v) is 13.7. The van der Waals surface area contributed by atoms with E-state index in [2.05, 4.69) is 14.9 Å². The number of hydrogen-bond acceptors (Lipinski definition) is 7. The number of nitrogens with zero attached hydrogens (tertiary/aromatic N) is 4. The average molecular weight is 603 g/mol. The molecule has 4 heterocycles. The summed E-state index contributed by atoms with van der Waals surface area (Å²) >= 11 is 0. The number of sulfonamides is 1. The van der Waals surface area contributed by atoms with Gasteiger partial charge in [0.05, 0.1) is 34.8 Å². The molecule has 0 radical (unpaired) electrons. The van der Waals surface area contributed by atoms with Gasteiger partial charge in [-0.2, -0.15) is 0 Å². The highest BCUT2D eigenvalue weighted by atomic mass is 32.2. The molecule has 0 unspecified atom stereocenters.